The molecule has 0 spiro atoms. The molecule has 1 aromatic carbocycles. The number of carbonyl (C=O) groups is 1. The van der Waals surface area contributed by atoms with Crippen LogP contribution < -0.4 is 4.72 Å². The zero-order chi connectivity index (χ0) is 13.6. The molecule has 5 nitrogen and oxygen atoms in total. The lowest BCUT2D eigenvalue weighted by Crippen LogP contribution is -2.34. The zero-order valence-electron chi connectivity index (χ0n) is 9.80. The van der Waals surface area contributed by atoms with Gasteiger partial charge in [0.05, 0.1) is 12.9 Å². The van der Waals surface area contributed by atoms with Crippen LogP contribution in [-0.2, 0) is 25.3 Å². The molecule has 100 valence electrons. The molecule has 0 heterocycles. The van der Waals surface area contributed by atoms with Gasteiger partial charge in [-0.05, 0) is 5.56 Å². The second kappa shape index (κ2) is 6.72. The van der Waals surface area contributed by atoms with Crippen molar-refractivity contribution in [3.63, 3.8) is 0 Å². The predicted octanol–water partition coefficient (Wildman–Crippen LogP) is 0.886. The van der Waals surface area contributed by atoms with Gasteiger partial charge >= 0.3 is 5.97 Å². The van der Waals surface area contributed by atoms with Crippen LogP contribution in [-0.4, -0.2) is 33.4 Å². The Bertz CT molecular complexity index is 489. The molecular formula is C11H14ClNO4S. The van der Waals surface area contributed by atoms with Crippen molar-refractivity contribution in [3.8, 4) is 0 Å². The molecule has 7 heteroatoms. The molecule has 0 aliphatic carbocycles. The van der Waals surface area contributed by atoms with Gasteiger partial charge in [0.2, 0.25) is 10.0 Å². The van der Waals surface area contributed by atoms with Crippen LogP contribution in [0.25, 0.3) is 0 Å². The summed E-state index contributed by atoms with van der Waals surface area (Å²) >= 11 is 5.64. The highest BCUT2D eigenvalue weighted by Crippen LogP contribution is 2.05. The van der Waals surface area contributed by atoms with Gasteiger partial charge in [-0.2, -0.15) is 0 Å². The third-order valence-electron chi connectivity index (χ3n) is 2.14. The number of halogens is 1. The second-order valence-corrected chi connectivity index (χ2v) is 5.92. The standard InChI is InChI=1S/C11H14ClNO4S/c1-17-11(14)10(12)7-13-18(15,16)8-9-5-3-2-4-6-9/h2-6,10,13H,7-8H2,1H3. The average Bonchev–Trinajstić information content (AvgIpc) is 2.35. The van der Waals surface area contributed by atoms with E-state index in [4.69, 9.17) is 11.6 Å². The number of esters is 1. The van der Waals surface area contributed by atoms with Crippen molar-refractivity contribution >= 4 is 27.6 Å². The molecule has 1 aromatic rings. The summed E-state index contributed by atoms with van der Waals surface area (Å²) in [6.45, 7) is -0.191. The van der Waals surface area contributed by atoms with E-state index in [1.807, 2.05) is 0 Å². The number of methoxy groups -OCH3 is 1. The van der Waals surface area contributed by atoms with Crippen molar-refractivity contribution in [1.29, 1.82) is 0 Å². The SMILES string of the molecule is COC(=O)C(Cl)CNS(=O)(=O)Cc1ccccc1. The van der Waals surface area contributed by atoms with Crippen LogP contribution in [0.3, 0.4) is 0 Å². The minimum absolute atomic E-state index is 0.154. The van der Waals surface area contributed by atoms with E-state index < -0.39 is 21.4 Å². The third kappa shape index (κ3) is 5.03. The molecule has 1 unspecified atom stereocenters. The minimum Gasteiger partial charge on any atom is -0.468 e. The summed E-state index contributed by atoms with van der Waals surface area (Å²) in [5, 5.41) is -1.03. The number of benzene rings is 1. The van der Waals surface area contributed by atoms with Crippen LogP contribution in [0.1, 0.15) is 5.56 Å². The van der Waals surface area contributed by atoms with Crippen LogP contribution in [0.15, 0.2) is 30.3 Å². The Balaban J connectivity index is 2.53. The Labute approximate surface area is 111 Å². The Morgan fingerprint density at radius 1 is 1.39 bits per heavy atom. The van der Waals surface area contributed by atoms with E-state index in [0.717, 1.165) is 0 Å². The molecule has 0 bridgehead atoms. The Morgan fingerprint density at radius 3 is 2.56 bits per heavy atom. The smallest absolute Gasteiger partial charge is 0.325 e. The molecule has 1 N–H and O–H groups in total. The van der Waals surface area contributed by atoms with Gasteiger partial charge < -0.3 is 4.74 Å². The van der Waals surface area contributed by atoms with Crippen molar-refractivity contribution in [2.24, 2.45) is 0 Å². The summed E-state index contributed by atoms with van der Waals surface area (Å²) in [7, 11) is -2.32. The van der Waals surface area contributed by atoms with Crippen molar-refractivity contribution < 1.29 is 17.9 Å². The number of hydrogen-bond donors (Lipinski definition) is 1. The van der Waals surface area contributed by atoms with Crippen LogP contribution in [0.4, 0.5) is 0 Å². The summed E-state index contributed by atoms with van der Waals surface area (Å²) in [4.78, 5) is 11.0. The molecule has 0 aromatic heterocycles. The number of hydrogen-bond acceptors (Lipinski definition) is 4. The Hall–Kier alpha value is -1.11. The van der Waals surface area contributed by atoms with E-state index in [0.29, 0.717) is 5.56 Å². The number of carbonyl (C=O) groups excluding carboxylic acids is 1. The highest BCUT2D eigenvalue weighted by molar-refractivity contribution is 7.88. The summed E-state index contributed by atoms with van der Waals surface area (Å²) in [5.74, 6) is -0.822. The normalized spacial score (nSPS) is 13.0. The van der Waals surface area contributed by atoms with Crippen LogP contribution in [0, 0.1) is 0 Å². The fourth-order valence-electron chi connectivity index (χ4n) is 1.26. The van der Waals surface area contributed by atoms with Crippen molar-refractivity contribution in [3.05, 3.63) is 35.9 Å². The highest BCUT2D eigenvalue weighted by atomic mass is 35.5. The summed E-state index contributed by atoms with van der Waals surface area (Å²) < 4.78 is 30.0. The van der Waals surface area contributed by atoms with E-state index in [1.54, 1.807) is 30.3 Å². The monoisotopic (exact) mass is 291 g/mol. The zero-order valence-corrected chi connectivity index (χ0v) is 11.4. The fourth-order valence-corrected chi connectivity index (χ4v) is 2.67. The van der Waals surface area contributed by atoms with Gasteiger partial charge in [0.1, 0.15) is 5.38 Å². The number of rotatable bonds is 6. The van der Waals surface area contributed by atoms with E-state index in [1.165, 1.54) is 7.11 Å². The fraction of sp³-hybridized carbons (Fsp3) is 0.364. The number of alkyl halides is 1. The van der Waals surface area contributed by atoms with Gasteiger partial charge in [-0.1, -0.05) is 30.3 Å². The van der Waals surface area contributed by atoms with Gasteiger partial charge in [0, 0.05) is 6.54 Å². The summed E-state index contributed by atoms with van der Waals surface area (Å²) in [6, 6.07) is 8.72. The first kappa shape index (κ1) is 14.9. The average molecular weight is 292 g/mol. The quantitative estimate of drug-likeness (QED) is 0.624. The van der Waals surface area contributed by atoms with Gasteiger partial charge in [-0.3, -0.25) is 4.79 Å². The lowest BCUT2D eigenvalue weighted by molar-refractivity contribution is -0.140. The number of nitrogens with one attached hydrogen (secondary N) is 1. The molecular weight excluding hydrogens is 278 g/mol. The van der Waals surface area contributed by atoms with E-state index in [-0.39, 0.29) is 12.3 Å². The first-order chi connectivity index (χ1) is 8.44. The van der Waals surface area contributed by atoms with Crippen LogP contribution in [0.2, 0.25) is 0 Å². The van der Waals surface area contributed by atoms with Gasteiger partial charge in [0.15, 0.2) is 0 Å². The largest absolute Gasteiger partial charge is 0.468 e. The first-order valence-electron chi connectivity index (χ1n) is 5.18. The highest BCUT2D eigenvalue weighted by Gasteiger charge is 2.19. The maximum absolute atomic E-state index is 11.7. The summed E-state index contributed by atoms with van der Waals surface area (Å²) in [6.07, 6.45) is 0. The molecule has 0 aliphatic heterocycles. The molecule has 0 saturated carbocycles. The van der Waals surface area contributed by atoms with E-state index in [9.17, 15) is 13.2 Å². The lowest BCUT2D eigenvalue weighted by Gasteiger charge is -2.09. The molecule has 1 rings (SSSR count). The maximum atomic E-state index is 11.7. The van der Waals surface area contributed by atoms with Crippen LogP contribution in [0.5, 0.6) is 0 Å². The number of ether oxygens (including phenoxy) is 1. The Morgan fingerprint density at radius 2 is 2.00 bits per heavy atom. The summed E-state index contributed by atoms with van der Waals surface area (Å²) in [5.41, 5.74) is 0.661. The molecule has 0 amide bonds. The molecule has 0 fully saturated rings. The molecule has 0 radical (unpaired) electrons. The molecule has 0 aliphatic rings. The lowest BCUT2D eigenvalue weighted by atomic mass is 10.2. The van der Waals surface area contributed by atoms with Crippen molar-refractivity contribution in [2.75, 3.05) is 13.7 Å². The van der Waals surface area contributed by atoms with Crippen molar-refractivity contribution in [1.82, 2.24) is 4.72 Å². The molecule has 1 atom stereocenters. The maximum Gasteiger partial charge on any atom is 0.325 e. The predicted molar refractivity (Wildman–Crippen MR) is 68.7 cm³/mol. The molecule has 18 heavy (non-hydrogen) atoms. The van der Waals surface area contributed by atoms with Gasteiger partial charge in [-0.15, -0.1) is 11.6 Å². The molecule has 0 saturated heterocycles. The Kier molecular flexibility index (Phi) is 5.58. The van der Waals surface area contributed by atoms with E-state index >= 15 is 0 Å². The van der Waals surface area contributed by atoms with Crippen molar-refractivity contribution in [2.45, 2.75) is 11.1 Å². The van der Waals surface area contributed by atoms with Crippen LogP contribution >= 0.6 is 11.6 Å². The first-order valence-corrected chi connectivity index (χ1v) is 7.26. The third-order valence-corrected chi connectivity index (χ3v) is 3.79. The van der Waals surface area contributed by atoms with Gasteiger partial charge in [0.25, 0.3) is 0 Å². The second-order valence-electron chi connectivity index (χ2n) is 3.58. The van der Waals surface area contributed by atoms with E-state index in [2.05, 4.69) is 9.46 Å². The van der Waals surface area contributed by atoms with Gasteiger partial charge in [-0.25, -0.2) is 13.1 Å². The minimum atomic E-state index is -3.51. The number of sulfonamides is 1. The topological polar surface area (TPSA) is 72.5 Å².